The maximum Gasteiger partial charge on any atom is 0.274 e. The number of likely N-dealkylation sites (N-methyl/N-ethyl adjacent to an activating group) is 1. The van der Waals surface area contributed by atoms with E-state index in [1.54, 1.807) is 17.4 Å². The monoisotopic (exact) mass is 476 g/mol. The van der Waals surface area contributed by atoms with Gasteiger partial charge in [0.1, 0.15) is 12.3 Å². The van der Waals surface area contributed by atoms with Crippen molar-refractivity contribution >= 4 is 28.8 Å². The van der Waals surface area contributed by atoms with Crippen LogP contribution in [0.4, 0.5) is 5.69 Å². The van der Waals surface area contributed by atoms with E-state index in [9.17, 15) is 9.59 Å². The molecule has 0 saturated carbocycles. The third-order valence-electron chi connectivity index (χ3n) is 6.44. The van der Waals surface area contributed by atoms with Gasteiger partial charge in [-0.05, 0) is 38.0 Å². The lowest BCUT2D eigenvalue weighted by molar-refractivity contribution is 0.0451. The molecule has 8 heteroatoms. The van der Waals surface area contributed by atoms with E-state index in [2.05, 4.69) is 21.3 Å². The molecule has 1 saturated heterocycles. The summed E-state index contributed by atoms with van der Waals surface area (Å²) >= 11 is 1.54. The first-order valence-corrected chi connectivity index (χ1v) is 12.3. The maximum absolute atomic E-state index is 13.4. The largest absolute Gasteiger partial charge is 0.489 e. The second kappa shape index (κ2) is 9.10. The number of rotatable bonds is 5. The molecule has 34 heavy (non-hydrogen) atoms. The predicted octanol–water partition coefficient (Wildman–Crippen LogP) is 3.90. The van der Waals surface area contributed by atoms with E-state index in [1.165, 1.54) is 0 Å². The lowest BCUT2D eigenvalue weighted by atomic mass is 10.0. The van der Waals surface area contributed by atoms with Crippen molar-refractivity contribution in [1.82, 2.24) is 15.2 Å². The van der Waals surface area contributed by atoms with E-state index in [0.29, 0.717) is 36.7 Å². The van der Waals surface area contributed by atoms with Crippen LogP contribution in [0.15, 0.2) is 42.5 Å². The van der Waals surface area contributed by atoms with Crippen molar-refractivity contribution in [3.63, 3.8) is 0 Å². The molecule has 176 valence electrons. The van der Waals surface area contributed by atoms with Gasteiger partial charge in [-0.25, -0.2) is 4.98 Å². The highest BCUT2D eigenvalue weighted by Crippen LogP contribution is 2.35. The Balaban J connectivity index is 1.29. The van der Waals surface area contributed by atoms with Gasteiger partial charge < -0.3 is 19.9 Å². The number of carbonyl (C=O) groups is 2. The van der Waals surface area contributed by atoms with Crippen molar-refractivity contribution < 1.29 is 14.3 Å². The highest BCUT2D eigenvalue weighted by atomic mass is 32.1. The van der Waals surface area contributed by atoms with Gasteiger partial charge in [0.2, 0.25) is 0 Å². The molecule has 1 atom stereocenters. The van der Waals surface area contributed by atoms with E-state index in [1.807, 2.05) is 56.1 Å². The summed E-state index contributed by atoms with van der Waals surface area (Å²) in [5.41, 5.74) is 4.10. The molecule has 3 heterocycles. The topological polar surface area (TPSA) is 74.8 Å². The van der Waals surface area contributed by atoms with Crippen molar-refractivity contribution in [2.75, 3.05) is 38.2 Å². The minimum Gasteiger partial charge on any atom is -0.489 e. The zero-order valence-electron chi connectivity index (χ0n) is 19.6. The number of carbonyl (C=O) groups excluding carboxylic acids is 2. The fraction of sp³-hybridized carbons (Fsp3) is 0.346. The SMILES string of the molecule is Cc1cccc(-c2sc(C)nc2C(=O)N2CC[C@H]2CNC(=O)c2cccc3c2OCCN3C)c1. The molecule has 0 radical (unpaired) electrons. The molecule has 0 unspecified atom stereocenters. The Bertz CT molecular complexity index is 1250. The van der Waals surface area contributed by atoms with E-state index in [4.69, 9.17) is 4.74 Å². The lowest BCUT2D eigenvalue weighted by Crippen LogP contribution is -2.56. The van der Waals surface area contributed by atoms with Gasteiger partial charge in [0.25, 0.3) is 11.8 Å². The van der Waals surface area contributed by atoms with Crippen molar-refractivity contribution in [1.29, 1.82) is 0 Å². The molecule has 1 aromatic heterocycles. The molecule has 2 aliphatic heterocycles. The molecule has 2 aliphatic rings. The Labute approximate surface area is 203 Å². The Morgan fingerprint density at radius 2 is 2.00 bits per heavy atom. The molecular weight excluding hydrogens is 448 g/mol. The number of hydrogen-bond donors (Lipinski definition) is 1. The van der Waals surface area contributed by atoms with Crippen LogP contribution in [-0.2, 0) is 0 Å². The van der Waals surface area contributed by atoms with Crippen molar-refractivity contribution in [2.24, 2.45) is 0 Å². The number of nitrogens with one attached hydrogen (secondary N) is 1. The van der Waals surface area contributed by atoms with Crippen LogP contribution < -0.4 is 15.0 Å². The van der Waals surface area contributed by atoms with Gasteiger partial charge in [0.05, 0.1) is 33.7 Å². The number of hydrogen-bond acceptors (Lipinski definition) is 6. The second-order valence-electron chi connectivity index (χ2n) is 8.86. The number of aromatic nitrogens is 1. The zero-order chi connectivity index (χ0) is 23.8. The summed E-state index contributed by atoms with van der Waals surface area (Å²) in [6.45, 7) is 6.37. The minimum absolute atomic E-state index is 0.0491. The number of anilines is 1. The van der Waals surface area contributed by atoms with E-state index in [-0.39, 0.29) is 17.9 Å². The first-order chi connectivity index (χ1) is 16.4. The first kappa shape index (κ1) is 22.4. The van der Waals surface area contributed by atoms with Crippen LogP contribution in [0.1, 0.15) is 37.8 Å². The fourth-order valence-electron chi connectivity index (χ4n) is 4.48. The van der Waals surface area contributed by atoms with Crippen LogP contribution in [0.2, 0.25) is 0 Å². The van der Waals surface area contributed by atoms with Crippen molar-refractivity contribution in [3.8, 4) is 16.2 Å². The van der Waals surface area contributed by atoms with Gasteiger partial charge in [-0.15, -0.1) is 11.3 Å². The number of benzene rings is 2. The molecule has 2 aromatic carbocycles. The number of likely N-dealkylation sites (tertiary alicyclic amines) is 1. The summed E-state index contributed by atoms with van der Waals surface area (Å²) in [7, 11) is 1.99. The van der Waals surface area contributed by atoms with Gasteiger partial charge in [0, 0.05) is 20.1 Å². The standard InChI is InChI=1S/C26H28N4O3S/c1-16-6-4-7-18(14-16)24-22(28-17(2)34-24)26(32)30-11-10-19(30)15-27-25(31)20-8-5-9-21-23(20)33-13-12-29(21)3/h4-9,14,19H,10-13,15H2,1-3H3,(H,27,31)/t19-/m0/s1. The molecule has 3 aromatic rings. The summed E-state index contributed by atoms with van der Waals surface area (Å²) < 4.78 is 5.80. The van der Waals surface area contributed by atoms with Crippen molar-refractivity contribution in [3.05, 3.63) is 64.3 Å². The quantitative estimate of drug-likeness (QED) is 0.605. The summed E-state index contributed by atoms with van der Waals surface area (Å²) in [5, 5.41) is 3.88. The molecule has 2 amide bonds. The third-order valence-corrected chi connectivity index (χ3v) is 7.46. The average molecular weight is 477 g/mol. The number of para-hydroxylation sites is 1. The highest BCUT2D eigenvalue weighted by Gasteiger charge is 2.35. The lowest BCUT2D eigenvalue weighted by Gasteiger charge is -2.41. The maximum atomic E-state index is 13.4. The van der Waals surface area contributed by atoms with Crippen LogP contribution in [0.25, 0.3) is 10.4 Å². The highest BCUT2D eigenvalue weighted by molar-refractivity contribution is 7.15. The van der Waals surface area contributed by atoms with E-state index < -0.39 is 0 Å². The van der Waals surface area contributed by atoms with Crippen molar-refractivity contribution in [2.45, 2.75) is 26.3 Å². The molecule has 1 fully saturated rings. The number of aryl methyl sites for hydroxylation is 2. The summed E-state index contributed by atoms with van der Waals surface area (Å²) in [4.78, 5) is 35.7. The molecule has 0 aliphatic carbocycles. The normalized spacial score (nSPS) is 17.0. The van der Waals surface area contributed by atoms with Crippen LogP contribution in [0.5, 0.6) is 5.75 Å². The van der Waals surface area contributed by atoms with Gasteiger partial charge in [-0.2, -0.15) is 0 Å². The zero-order valence-corrected chi connectivity index (χ0v) is 20.4. The Hall–Kier alpha value is -3.39. The Morgan fingerprint density at radius 3 is 2.76 bits per heavy atom. The number of nitrogens with zero attached hydrogens (tertiary/aromatic N) is 3. The molecule has 7 nitrogen and oxygen atoms in total. The number of ether oxygens (including phenoxy) is 1. The smallest absolute Gasteiger partial charge is 0.274 e. The summed E-state index contributed by atoms with van der Waals surface area (Å²) in [6, 6.07) is 13.7. The predicted molar refractivity (Wildman–Crippen MR) is 134 cm³/mol. The van der Waals surface area contributed by atoms with E-state index >= 15 is 0 Å². The Kier molecular flexibility index (Phi) is 6.00. The first-order valence-electron chi connectivity index (χ1n) is 11.5. The number of fused-ring (bicyclic) bond motifs is 1. The van der Waals surface area contributed by atoms with Crippen LogP contribution >= 0.6 is 11.3 Å². The van der Waals surface area contributed by atoms with Gasteiger partial charge in [0.15, 0.2) is 5.75 Å². The number of amides is 2. The minimum atomic E-state index is -0.184. The molecular formula is C26H28N4O3S. The fourth-order valence-corrected chi connectivity index (χ4v) is 5.38. The summed E-state index contributed by atoms with van der Waals surface area (Å²) in [6.07, 6.45) is 0.848. The molecule has 0 bridgehead atoms. The van der Waals surface area contributed by atoms with Gasteiger partial charge in [-0.3, -0.25) is 9.59 Å². The molecule has 0 spiro atoms. The molecule has 5 rings (SSSR count). The van der Waals surface area contributed by atoms with E-state index in [0.717, 1.165) is 39.7 Å². The van der Waals surface area contributed by atoms with Crippen LogP contribution in [0.3, 0.4) is 0 Å². The van der Waals surface area contributed by atoms with Crippen LogP contribution in [-0.4, -0.2) is 61.0 Å². The molecule has 1 N–H and O–H groups in total. The van der Waals surface area contributed by atoms with Gasteiger partial charge >= 0.3 is 0 Å². The third kappa shape index (κ3) is 4.14. The average Bonchev–Trinajstić information content (AvgIpc) is 3.20. The van der Waals surface area contributed by atoms with Gasteiger partial charge in [-0.1, -0.05) is 35.9 Å². The van der Waals surface area contributed by atoms with Crippen LogP contribution in [0, 0.1) is 13.8 Å². The Morgan fingerprint density at radius 1 is 1.18 bits per heavy atom. The second-order valence-corrected chi connectivity index (χ2v) is 10.1. The number of thiazole rings is 1. The summed E-state index contributed by atoms with van der Waals surface area (Å²) in [5.74, 6) is 0.362.